The number of urea groups is 1. The van der Waals surface area contributed by atoms with Crippen molar-refractivity contribution >= 4 is 6.03 Å². The van der Waals surface area contributed by atoms with Crippen molar-refractivity contribution in [2.75, 3.05) is 0 Å². The van der Waals surface area contributed by atoms with Gasteiger partial charge >= 0.3 is 6.03 Å². The molecule has 0 atom stereocenters. The third-order valence-corrected chi connectivity index (χ3v) is 4.07. The van der Waals surface area contributed by atoms with E-state index in [9.17, 15) is 4.79 Å². The van der Waals surface area contributed by atoms with E-state index >= 15 is 0 Å². The van der Waals surface area contributed by atoms with Crippen LogP contribution in [0, 0.1) is 13.8 Å². The van der Waals surface area contributed by atoms with E-state index in [4.69, 9.17) is 4.42 Å². The maximum absolute atomic E-state index is 11.9. The van der Waals surface area contributed by atoms with E-state index in [2.05, 4.69) is 20.7 Å². The summed E-state index contributed by atoms with van der Waals surface area (Å²) in [7, 11) is 1.87. The molecule has 0 unspecified atom stereocenters. The lowest BCUT2D eigenvalue weighted by molar-refractivity contribution is 0.239. The average molecular weight is 339 g/mol. The Morgan fingerprint density at radius 2 is 1.84 bits per heavy atom. The predicted molar refractivity (Wildman–Crippen MR) is 93.7 cm³/mol. The van der Waals surface area contributed by atoms with Gasteiger partial charge in [0.25, 0.3) is 0 Å². The van der Waals surface area contributed by atoms with Gasteiger partial charge in [-0.25, -0.2) is 9.78 Å². The van der Waals surface area contributed by atoms with Crippen LogP contribution >= 0.6 is 0 Å². The van der Waals surface area contributed by atoms with E-state index in [1.54, 1.807) is 17.1 Å². The van der Waals surface area contributed by atoms with Crippen molar-refractivity contribution in [2.45, 2.75) is 26.9 Å². The first-order valence-electron chi connectivity index (χ1n) is 8.04. The number of amides is 2. The largest absolute Gasteiger partial charge is 0.439 e. The maximum Gasteiger partial charge on any atom is 0.315 e. The molecule has 2 amide bonds. The molecule has 1 aromatic carbocycles. The molecule has 0 fully saturated rings. The number of oxazole rings is 1. The number of benzene rings is 1. The lowest BCUT2D eigenvalue weighted by Crippen LogP contribution is -2.34. The Labute approximate surface area is 146 Å². The van der Waals surface area contributed by atoms with Crippen LogP contribution in [-0.4, -0.2) is 20.8 Å². The fourth-order valence-electron chi connectivity index (χ4n) is 2.35. The van der Waals surface area contributed by atoms with Crippen molar-refractivity contribution in [3.05, 3.63) is 59.4 Å². The second kappa shape index (κ2) is 7.21. The molecule has 7 nitrogen and oxygen atoms in total. The van der Waals surface area contributed by atoms with Crippen LogP contribution in [0.1, 0.15) is 22.7 Å². The Kier molecular flexibility index (Phi) is 4.83. The number of hydrogen-bond donors (Lipinski definition) is 2. The molecule has 0 aliphatic heterocycles. The van der Waals surface area contributed by atoms with E-state index in [0.717, 1.165) is 16.8 Å². The molecule has 25 heavy (non-hydrogen) atoms. The highest BCUT2D eigenvalue weighted by molar-refractivity contribution is 5.73. The summed E-state index contributed by atoms with van der Waals surface area (Å²) in [5.74, 6) is 1.14. The Balaban J connectivity index is 1.51. The highest BCUT2D eigenvalue weighted by atomic mass is 16.4. The van der Waals surface area contributed by atoms with Crippen LogP contribution in [0.15, 0.2) is 41.1 Å². The average Bonchev–Trinajstić information content (AvgIpc) is 3.20. The highest BCUT2D eigenvalue weighted by Gasteiger charge is 2.09. The SMILES string of the molecule is Cc1ccc(-c2cnc(CNC(=O)NCc3cnn(C)c3C)o2)cc1. The Morgan fingerprint density at radius 3 is 2.52 bits per heavy atom. The highest BCUT2D eigenvalue weighted by Crippen LogP contribution is 2.20. The van der Waals surface area contributed by atoms with Crippen molar-refractivity contribution in [2.24, 2.45) is 7.05 Å². The maximum atomic E-state index is 11.9. The minimum absolute atomic E-state index is 0.226. The molecule has 0 aliphatic rings. The Morgan fingerprint density at radius 1 is 1.12 bits per heavy atom. The lowest BCUT2D eigenvalue weighted by atomic mass is 10.1. The van der Waals surface area contributed by atoms with Gasteiger partial charge in [-0.05, 0) is 13.8 Å². The monoisotopic (exact) mass is 339 g/mol. The van der Waals surface area contributed by atoms with Crippen molar-refractivity contribution in [3.63, 3.8) is 0 Å². The number of hydrogen-bond acceptors (Lipinski definition) is 4. The summed E-state index contributed by atoms with van der Waals surface area (Å²) in [6.07, 6.45) is 3.41. The zero-order valence-electron chi connectivity index (χ0n) is 14.5. The standard InChI is InChI=1S/C18H21N5O2/c1-12-4-6-14(7-5-12)16-10-19-17(25-16)11-21-18(24)20-8-15-9-22-23(3)13(15)2/h4-7,9-10H,8,11H2,1-3H3,(H2,20,21,24). The van der Waals surface area contributed by atoms with Crippen LogP contribution in [0.2, 0.25) is 0 Å². The van der Waals surface area contributed by atoms with Crippen molar-refractivity contribution in [3.8, 4) is 11.3 Å². The molecule has 2 N–H and O–H groups in total. The first-order chi connectivity index (χ1) is 12.0. The van der Waals surface area contributed by atoms with Crippen molar-refractivity contribution < 1.29 is 9.21 Å². The number of rotatable bonds is 5. The van der Waals surface area contributed by atoms with Crippen molar-refractivity contribution in [1.29, 1.82) is 0 Å². The molecule has 0 saturated heterocycles. The first-order valence-corrected chi connectivity index (χ1v) is 8.04. The van der Waals surface area contributed by atoms with Gasteiger partial charge in [-0.2, -0.15) is 5.10 Å². The minimum atomic E-state index is -0.279. The molecule has 7 heteroatoms. The first kappa shape index (κ1) is 16.8. The minimum Gasteiger partial charge on any atom is -0.439 e. The molecule has 2 heterocycles. The third kappa shape index (κ3) is 4.06. The van der Waals surface area contributed by atoms with E-state index in [1.807, 2.05) is 45.2 Å². The number of aromatic nitrogens is 3. The molecule has 130 valence electrons. The van der Waals surface area contributed by atoms with Gasteiger partial charge in [0.1, 0.15) is 0 Å². The van der Waals surface area contributed by atoms with Crippen LogP contribution in [0.4, 0.5) is 4.79 Å². The van der Waals surface area contributed by atoms with E-state index in [1.165, 1.54) is 5.56 Å². The fourth-order valence-corrected chi connectivity index (χ4v) is 2.35. The van der Waals surface area contributed by atoms with Gasteiger partial charge < -0.3 is 15.1 Å². The lowest BCUT2D eigenvalue weighted by Gasteiger charge is -2.06. The summed E-state index contributed by atoms with van der Waals surface area (Å²) >= 11 is 0. The van der Waals surface area contributed by atoms with Crippen LogP contribution in [0.25, 0.3) is 11.3 Å². The molecule has 0 bridgehead atoms. The smallest absolute Gasteiger partial charge is 0.315 e. The fraction of sp³-hybridized carbons (Fsp3) is 0.278. The zero-order chi connectivity index (χ0) is 17.8. The molecule has 2 aromatic heterocycles. The quantitative estimate of drug-likeness (QED) is 0.748. The van der Waals surface area contributed by atoms with Crippen molar-refractivity contribution in [1.82, 2.24) is 25.4 Å². The van der Waals surface area contributed by atoms with Gasteiger partial charge in [0.15, 0.2) is 5.76 Å². The summed E-state index contributed by atoms with van der Waals surface area (Å²) in [5.41, 5.74) is 4.15. The number of carbonyl (C=O) groups excluding carboxylic acids is 1. The molecule has 0 aliphatic carbocycles. The summed E-state index contributed by atoms with van der Waals surface area (Å²) in [5, 5.41) is 9.68. The summed E-state index contributed by atoms with van der Waals surface area (Å²) in [6.45, 7) is 4.64. The number of nitrogens with zero attached hydrogens (tertiary/aromatic N) is 3. The van der Waals surface area contributed by atoms with Gasteiger partial charge in [-0.15, -0.1) is 0 Å². The van der Waals surface area contributed by atoms with Gasteiger partial charge in [0, 0.05) is 30.4 Å². The molecule has 0 radical (unpaired) electrons. The summed E-state index contributed by atoms with van der Waals surface area (Å²) < 4.78 is 7.45. The number of carbonyl (C=O) groups is 1. The predicted octanol–water partition coefficient (Wildman–Crippen LogP) is 2.69. The molecule has 3 aromatic rings. The van der Waals surface area contributed by atoms with Crippen LogP contribution in [0.5, 0.6) is 0 Å². The Hall–Kier alpha value is -3.09. The van der Waals surface area contributed by atoms with Crippen LogP contribution in [0.3, 0.4) is 0 Å². The molecular formula is C18H21N5O2. The summed E-state index contributed by atoms with van der Waals surface area (Å²) in [6, 6.07) is 7.72. The molecule has 3 rings (SSSR count). The van der Waals surface area contributed by atoms with Gasteiger partial charge in [0.05, 0.1) is 18.9 Å². The second-order valence-corrected chi connectivity index (χ2v) is 5.90. The number of aryl methyl sites for hydroxylation is 2. The molecule has 0 saturated carbocycles. The van der Waals surface area contributed by atoms with Crippen LogP contribution < -0.4 is 10.6 Å². The topological polar surface area (TPSA) is 85.0 Å². The molecule has 0 spiro atoms. The van der Waals surface area contributed by atoms with E-state index in [0.29, 0.717) is 18.2 Å². The zero-order valence-corrected chi connectivity index (χ0v) is 14.5. The Bertz CT molecular complexity index is 864. The van der Waals surface area contributed by atoms with Gasteiger partial charge in [-0.1, -0.05) is 29.8 Å². The van der Waals surface area contributed by atoms with Gasteiger partial charge in [0.2, 0.25) is 5.89 Å². The van der Waals surface area contributed by atoms with Gasteiger partial charge in [-0.3, -0.25) is 4.68 Å². The normalized spacial score (nSPS) is 10.7. The van der Waals surface area contributed by atoms with Crippen LogP contribution in [-0.2, 0) is 20.1 Å². The summed E-state index contributed by atoms with van der Waals surface area (Å²) in [4.78, 5) is 16.1. The molecular weight excluding hydrogens is 318 g/mol. The second-order valence-electron chi connectivity index (χ2n) is 5.90. The van der Waals surface area contributed by atoms with E-state index in [-0.39, 0.29) is 12.6 Å². The van der Waals surface area contributed by atoms with E-state index < -0.39 is 0 Å². The number of nitrogens with one attached hydrogen (secondary N) is 2. The third-order valence-electron chi connectivity index (χ3n) is 4.07.